The molecule has 0 aliphatic carbocycles. The molecule has 35 atom stereocenters. The van der Waals surface area contributed by atoms with Gasteiger partial charge >= 0.3 is 0 Å². The molecular formula is C63H119N7O35. The van der Waals surface area contributed by atoms with Crippen LogP contribution in [0.4, 0.5) is 0 Å². The molecular weight excluding hydrogens is 1410 g/mol. The summed E-state index contributed by atoms with van der Waals surface area (Å²) in [4.78, 5) is 0. The molecule has 0 amide bonds. The van der Waals surface area contributed by atoms with E-state index < -0.39 is 215 Å². The lowest BCUT2D eigenvalue weighted by atomic mass is 9.94. The molecule has 14 bridgehead atoms. The summed E-state index contributed by atoms with van der Waals surface area (Å²) in [6.45, 7) is 1.46. The quantitative estimate of drug-likeness (QED) is 0.0262. The van der Waals surface area contributed by atoms with Crippen molar-refractivity contribution < 1.29 is 171 Å². The molecule has 0 radical (unpaired) electrons. The number of aliphatic hydroxyl groups excluding tert-OH is 14. The van der Waals surface area contributed by atoms with Crippen LogP contribution in [0, 0.1) is 0 Å². The van der Waals surface area contributed by atoms with Crippen LogP contribution in [0.3, 0.4) is 0 Å². The van der Waals surface area contributed by atoms with Crippen molar-refractivity contribution in [3.63, 3.8) is 0 Å². The van der Waals surface area contributed by atoms with E-state index in [1.165, 1.54) is 49.8 Å². The maximum absolute atomic E-state index is 12.2. The largest absolute Gasteiger partial charge is 0.387 e. The SMILES string of the molecule is COCCNC[C@H]1O[C@@H]2O[C@H]3[C@H](O)[C@@H](O)[C@@H](O[C@H]4[C@H](O)[C@@H](O)[C@@H](O[C@H]5[C@H](O)[C@@H](O)[C@@H](O[C@H]6[C@H](O)[C@@H](O)[C@@H](O[C@H]7[C@H](O)[C@@H](O)[C@@H](O[C@H]8[C@H](O)[C@@H](O)[C@@H](O[C@H]1[C@H](O)[C@H]2O)O[C@@H]8CNCCOC)O[C@@H]7CNCCOC)O[C@@H]6CNCCOC)O[C@@H]5CNCCOC)O[C@@H]4CNCCOC)O[C@@H]3CNCCOC. The second-order valence-corrected chi connectivity index (χ2v) is 26.8. The molecule has 21 N–H and O–H groups in total. The Morgan fingerprint density at radius 2 is 0.295 bits per heavy atom. The molecule has 42 nitrogen and oxygen atoms in total. The van der Waals surface area contributed by atoms with Crippen LogP contribution in [0.1, 0.15) is 0 Å². The third-order valence-electron chi connectivity index (χ3n) is 19.3. The molecule has 21 fully saturated rings. The average Bonchev–Trinajstić information content (AvgIpc) is 0.793. The van der Waals surface area contributed by atoms with Crippen LogP contribution in [-0.4, -0.2) is 474 Å². The first-order chi connectivity index (χ1) is 50.7. The predicted octanol–water partition coefficient (Wildman–Crippen LogP) is -13.5. The Morgan fingerprint density at radius 1 is 0.181 bits per heavy atom. The summed E-state index contributed by atoms with van der Waals surface area (Å²) in [6.07, 6.45) is -62.4. The Hall–Kier alpha value is -1.68. The minimum absolute atomic E-state index is 0.185. The van der Waals surface area contributed by atoms with E-state index in [0.29, 0.717) is 0 Å². The van der Waals surface area contributed by atoms with E-state index in [-0.39, 0.29) is 138 Å². The van der Waals surface area contributed by atoms with Crippen LogP contribution < -0.4 is 37.2 Å². The number of aliphatic hydroxyl groups is 14. The number of ether oxygens (including phenoxy) is 21. The van der Waals surface area contributed by atoms with Gasteiger partial charge in [0.2, 0.25) is 0 Å². The molecule has 21 rings (SSSR count). The molecule has 0 aromatic carbocycles. The van der Waals surface area contributed by atoms with Gasteiger partial charge in [-0.05, 0) is 0 Å². The van der Waals surface area contributed by atoms with Crippen LogP contribution >= 0.6 is 0 Å². The van der Waals surface area contributed by atoms with Gasteiger partial charge in [-0.3, -0.25) is 0 Å². The normalized spacial score (nSPS) is 43.8. The summed E-state index contributed by atoms with van der Waals surface area (Å²) in [7, 11) is 10.3. The van der Waals surface area contributed by atoms with Gasteiger partial charge in [-0.2, -0.15) is 0 Å². The Labute approximate surface area is 609 Å². The smallest absolute Gasteiger partial charge is 0.187 e. The lowest BCUT2D eigenvalue weighted by Crippen LogP contribution is -2.69. The van der Waals surface area contributed by atoms with Crippen LogP contribution in [0.15, 0.2) is 0 Å². The molecule has 0 saturated carbocycles. The van der Waals surface area contributed by atoms with E-state index in [0.717, 1.165) is 0 Å². The third kappa shape index (κ3) is 23.7. The van der Waals surface area contributed by atoms with E-state index in [1.807, 2.05) is 0 Å². The van der Waals surface area contributed by atoms with Crippen molar-refractivity contribution in [2.75, 3.05) is 188 Å². The highest BCUT2D eigenvalue weighted by molar-refractivity contribution is 5.03. The number of hydrogen-bond acceptors (Lipinski definition) is 42. The Bertz CT molecular complexity index is 1940. The summed E-state index contributed by atoms with van der Waals surface area (Å²) < 4.78 is 126. The predicted molar refractivity (Wildman–Crippen MR) is 352 cm³/mol. The topological polar surface area (TPSA) is 561 Å². The van der Waals surface area contributed by atoms with Crippen LogP contribution in [0.2, 0.25) is 0 Å². The van der Waals surface area contributed by atoms with Crippen molar-refractivity contribution in [2.24, 2.45) is 0 Å². The van der Waals surface area contributed by atoms with E-state index in [4.69, 9.17) is 99.5 Å². The van der Waals surface area contributed by atoms with Crippen LogP contribution in [-0.2, 0) is 99.5 Å². The molecule has 21 heterocycles. The van der Waals surface area contributed by atoms with Crippen molar-refractivity contribution in [2.45, 2.75) is 215 Å². The number of methoxy groups -OCH3 is 7. The highest BCUT2D eigenvalue weighted by Gasteiger charge is 2.60. The van der Waals surface area contributed by atoms with E-state index in [2.05, 4.69) is 37.2 Å². The van der Waals surface area contributed by atoms with Gasteiger partial charge in [-0.25, -0.2) is 0 Å². The monoisotopic (exact) mass is 1530 g/mol. The standard InChI is InChI=1S/C63H119N7O35/c1-85-15-8-64-22-29-50-36(71)43(78)57(92-29)100-51-30(23-65-9-16-86-2)94-59(45(80)38(51)73)102-53-32(25-67-11-18-88-4)96-61(47(82)40(53)75)104-55-34(27-69-13-20-90-6)98-63(49(84)42(55)77)105-56-35(28-70-14-21-91-7)97-62(48(83)41(56)76)103-54-33(26-68-12-19-89-5)95-60(46(81)39(54)74)101-52-31(24-66-10-17-87-3)93-58(99-50)44(79)37(52)72/h29-84H,8-28H2,1-7H3/t29-,30-,31-,32-,33-,34-,35-,36-,37-,38-,39-,40-,41-,42-,43-,44-,45-,46-,47-,48-,49-,50-,51-,52-,53-,54-,55-,56-,57-,58-,59-,60-,61-,62-,63-/m1/s1. The summed E-state index contributed by atoms with van der Waals surface area (Å²) in [5, 5.41) is 192. The highest BCUT2D eigenvalue weighted by atomic mass is 16.8. The molecule has 21 aliphatic heterocycles. The number of nitrogens with one attached hydrogen (secondary N) is 7. The molecule has 42 heteroatoms. The lowest BCUT2D eigenvalue weighted by Gasteiger charge is -2.50. The van der Waals surface area contributed by atoms with Gasteiger partial charge in [0, 0.05) is 141 Å². The fourth-order valence-electron chi connectivity index (χ4n) is 13.5. The molecule has 21 saturated heterocycles. The maximum atomic E-state index is 12.2. The van der Waals surface area contributed by atoms with E-state index >= 15 is 0 Å². The lowest BCUT2D eigenvalue weighted by molar-refractivity contribution is -0.392. The Morgan fingerprint density at radius 3 is 0.400 bits per heavy atom. The second-order valence-electron chi connectivity index (χ2n) is 26.8. The first kappa shape index (κ1) is 88.9. The zero-order chi connectivity index (χ0) is 75.9. The molecule has 0 aromatic heterocycles. The Kier molecular flexibility index (Phi) is 38.3. The van der Waals surface area contributed by atoms with Gasteiger partial charge in [-0.1, -0.05) is 0 Å². The first-order valence-corrected chi connectivity index (χ1v) is 35.7. The molecule has 0 aromatic rings. The third-order valence-corrected chi connectivity index (χ3v) is 19.3. The van der Waals surface area contributed by atoms with Crippen molar-refractivity contribution >= 4 is 0 Å². The van der Waals surface area contributed by atoms with Crippen molar-refractivity contribution in [3.8, 4) is 0 Å². The highest BCUT2D eigenvalue weighted by Crippen LogP contribution is 2.39. The number of rotatable bonds is 35. The maximum Gasteiger partial charge on any atom is 0.187 e. The van der Waals surface area contributed by atoms with E-state index in [1.54, 1.807) is 0 Å². The second kappa shape index (κ2) is 45.3. The molecule has 616 valence electrons. The van der Waals surface area contributed by atoms with E-state index in [9.17, 15) is 71.5 Å². The molecule has 0 unspecified atom stereocenters. The van der Waals surface area contributed by atoms with Crippen molar-refractivity contribution in [3.05, 3.63) is 0 Å². The minimum Gasteiger partial charge on any atom is -0.387 e. The zero-order valence-electron chi connectivity index (χ0n) is 60.4. The van der Waals surface area contributed by atoms with Gasteiger partial charge in [-0.15, -0.1) is 0 Å². The van der Waals surface area contributed by atoms with Gasteiger partial charge in [0.15, 0.2) is 44.0 Å². The zero-order valence-corrected chi connectivity index (χ0v) is 60.4. The van der Waals surface area contributed by atoms with Crippen molar-refractivity contribution in [1.82, 2.24) is 37.2 Å². The summed E-state index contributed by atoms with van der Waals surface area (Å²) in [6, 6.07) is 0. The Balaban J connectivity index is 1.19. The summed E-state index contributed by atoms with van der Waals surface area (Å²) in [5.41, 5.74) is 0. The van der Waals surface area contributed by atoms with Gasteiger partial charge in [0.1, 0.15) is 171 Å². The van der Waals surface area contributed by atoms with Gasteiger partial charge in [0.25, 0.3) is 0 Å². The van der Waals surface area contributed by atoms with Crippen LogP contribution in [0.25, 0.3) is 0 Å². The summed E-state index contributed by atoms with van der Waals surface area (Å²) in [5.74, 6) is 0. The summed E-state index contributed by atoms with van der Waals surface area (Å²) >= 11 is 0. The fourth-order valence-corrected chi connectivity index (χ4v) is 13.5. The van der Waals surface area contributed by atoms with Gasteiger partial charge in [0.05, 0.1) is 46.2 Å². The first-order valence-electron chi connectivity index (χ1n) is 35.7. The molecule has 21 aliphatic rings. The fraction of sp³-hybridized carbons (Fsp3) is 1.00. The average molecular weight is 1530 g/mol. The minimum atomic E-state index is -2.06. The molecule has 105 heavy (non-hydrogen) atoms. The van der Waals surface area contributed by atoms with Crippen LogP contribution in [0.5, 0.6) is 0 Å². The van der Waals surface area contributed by atoms with Gasteiger partial charge < -0.3 is 208 Å². The molecule has 0 spiro atoms. The van der Waals surface area contributed by atoms with Crippen molar-refractivity contribution in [1.29, 1.82) is 0 Å². The number of hydrogen-bond donors (Lipinski definition) is 21.